The molecule has 1 aromatic heterocycles. The molecule has 2 N–H and O–H groups in total. The van der Waals surface area contributed by atoms with Crippen LogP contribution in [0.4, 0.5) is 0 Å². The molecule has 0 aliphatic carbocycles. The van der Waals surface area contributed by atoms with Crippen LogP contribution in [0.5, 0.6) is 0 Å². The summed E-state index contributed by atoms with van der Waals surface area (Å²) in [5, 5.41) is 2.15. The van der Waals surface area contributed by atoms with Crippen LogP contribution in [-0.4, -0.2) is 25.0 Å². The van der Waals surface area contributed by atoms with Gasteiger partial charge < -0.3 is 10.6 Å². The molecule has 4 heteroatoms. The summed E-state index contributed by atoms with van der Waals surface area (Å²) in [5.41, 5.74) is 5.47. The largest absolute Gasteiger partial charge is 0.330 e. The highest BCUT2D eigenvalue weighted by molar-refractivity contribution is 9.10. The van der Waals surface area contributed by atoms with E-state index in [0.29, 0.717) is 0 Å². The van der Waals surface area contributed by atoms with Gasteiger partial charge in [0.1, 0.15) is 0 Å². The number of thiophene rings is 1. The third-order valence-electron chi connectivity index (χ3n) is 2.79. The van der Waals surface area contributed by atoms with Gasteiger partial charge in [-0.3, -0.25) is 0 Å². The predicted octanol–water partition coefficient (Wildman–Crippen LogP) is 3.85. The fourth-order valence-corrected chi connectivity index (χ4v) is 3.37. The molecule has 0 saturated heterocycles. The van der Waals surface area contributed by atoms with E-state index in [0.717, 1.165) is 13.1 Å². The van der Waals surface area contributed by atoms with Gasteiger partial charge in [-0.25, -0.2) is 0 Å². The normalized spacial score (nSPS) is 11.3. The third kappa shape index (κ3) is 7.19. The monoisotopic (exact) mass is 318 g/mol. The van der Waals surface area contributed by atoms with Crippen molar-refractivity contribution in [3.05, 3.63) is 20.8 Å². The van der Waals surface area contributed by atoms with Crippen LogP contribution >= 0.6 is 27.3 Å². The summed E-state index contributed by atoms with van der Waals surface area (Å²) < 4.78 is 1.20. The van der Waals surface area contributed by atoms with Crippen molar-refractivity contribution in [3.8, 4) is 0 Å². The maximum Gasteiger partial charge on any atom is 0.0325 e. The van der Waals surface area contributed by atoms with E-state index in [9.17, 15) is 0 Å². The number of nitrogens with two attached hydrogens (primary N) is 1. The SMILES string of the molecule is CN(CCCCCCCN)Cc1cc(Br)cs1. The van der Waals surface area contributed by atoms with E-state index in [4.69, 9.17) is 5.73 Å². The Morgan fingerprint density at radius 3 is 2.59 bits per heavy atom. The third-order valence-corrected chi connectivity index (χ3v) is 4.47. The lowest BCUT2D eigenvalue weighted by molar-refractivity contribution is 0.319. The van der Waals surface area contributed by atoms with E-state index in [1.807, 2.05) is 11.3 Å². The zero-order valence-corrected chi connectivity index (χ0v) is 13.0. The van der Waals surface area contributed by atoms with E-state index in [-0.39, 0.29) is 0 Å². The van der Waals surface area contributed by atoms with Crippen LogP contribution in [0.15, 0.2) is 15.9 Å². The molecule has 1 rings (SSSR count). The highest BCUT2D eigenvalue weighted by Gasteiger charge is 2.02. The second kappa shape index (κ2) is 9.09. The number of unbranched alkanes of at least 4 members (excludes halogenated alkanes) is 4. The van der Waals surface area contributed by atoms with Crippen molar-refractivity contribution >= 4 is 27.3 Å². The average Bonchev–Trinajstić information content (AvgIpc) is 2.69. The number of nitrogens with zero attached hydrogens (tertiary/aromatic N) is 1. The molecule has 0 saturated carbocycles. The quantitative estimate of drug-likeness (QED) is 0.701. The summed E-state index contributed by atoms with van der Waals surface area (Å²) >= 11 is 5.32. The molecular weight excluding hydrogens is 296 g/mol. The van der Waals surface area contributed by atoms with E-state index in [1.165, 1.54) is 48.0 Å². The van der Waals surface area contributed by atoms with Gasteiger partial charge >= 0.3 is 0 Å². The molecule has 2 nitrogen and oxygen atoms in total. The van der Waals surface area contributed by atoms with Crippen molar-refractivity contribution in [1.29, 1.82) is 0 Å². The van der Waals surface area contributed by atoms with Crippen molar-refractivity contribution in [2.24, 2.45) is 5.73 Å². The number of rotatable bonds is 9. The Balaban J connectivity index is 2.03. The standard InChI is InChI=1S/C13H23BrN2S/c1-16(8-6-4-2-3-5-7-15)10-13-9-12(14)11-17-13/h9,11H,2-8,10,15H2,1H3. The topological polar surface area (TPSA) is 29.3 Å². The predicted molar refractivity (Wildman–Crippen MR) is 80.5 cm³/mol. The molecule has 1 heterocycles. The Hall–Kier alpha value is 0.1000. The zero-order chi connectivity index (χ0) is 12.5. The minimum absolute atomic E-state index is 0.840. The molecule has 0 aliphatic heterocycles. The fourth-order valence-electron chi connectivity index (χ4n) is 1.84. The van der Waals surface area contributed by atoms with Crippen LogP contribution in [0.3, 0.4) is 0 Å². The average molecular weight is 319 g/mol. The van der Waals surface area contributed by atoms with Gasteiger partial charge in [-0.1, -0.05) is 19.3 Å². The highest BCUT2D eigenvalue weighted by atomic mass is 79.9. The second-order valence-corrected chi connectivity index (χ2v) is 6.44. The number of hydrogen-bond acceptors (Lipinski definition) is 3. The molecule has 0 unspecified atom stereocenters. The number of hydrogen-bond donors (Lipinski definition) is 1. The van der Waals surface area contributed by atoms with Crippen molar-refractivity contribution < 1.29 is 0 Å². The fraction of sp³-hybridized carbons (Fsp3) is 0.692. The molecule has 0 bridgehead atoms. The summed E-state index contributed by atoms with van der Waals surface area (Å²) in [6.45, 7) is 3.10. The molecule has 17 heavy (non-hydrogen) atoms. The van der Waals surface area contributed by atoms with Crippen LogP contribution in [-0.2, 0) is 6.54 Å². The van der Waals surface area contributed by atoms with Gasteiger partial charge in [0.25, 0.3) is 0 Å². The molecule has 0 fully saturated rings. The number of halogens is 1. The first-order valence-corrected chi connectivity index (χ1v) is 8.01. The summed E-state index contributed by atoms with van der Waals surface area (Å²) in [7, 11) is 2.20. The van der Waals surface area contributed by atoms with Crippen LogP contribution in [0.25, 0.3) is 0 Å². The Morgan fingerprint density at radius 1 is 1.24 bits per heavy atom. The molecule has 0 aliphatic rings. The molecular formula is C13H23BrN2S. The summed E-state index contributed by atoms with van der Waals surface area (Å²) in [5.74, 6) is 0. The van der Waals surface area contributed by atoms with Crippen LogP contribution < -0.4 is 5.73 Å². The van der Waals surface area contributed by atoms with Gasteiger partial charge in [0.15, 0.2) is 0 Å². The van der Waals surface area contributed by atoms with Crippen molar-refractivity contribution in [3.63, 3.8) is 0 Å². The van der Waals surface area contributed by atoms with Gasteiger partial charge in [0.05, 0.1) is 0 Å². The van der Waals surface area contributed by atoms with Gasteiger partial charge in [-0.15, -0.1) is 11.3 Å². The van der Waals surface area contributed by atoms with Gasteiger partial charge in [0.2, 0.25) is 0 Å². The highest BCUT2D eigenvalue weighted by Crippen LogP contribution is 2.20. The smallest absolute Gasteiger partial charge is 0.0325 e. The summed E-state index contributed by atoms with van der Waals surface area (Å²) in [4.78, 5) is 3.84. The maximum atomic E-state index is 5.47. The van der Waals surface area contributed by atoms with Crippen molar-refractivity contribution in [2.75, 3.05) is 20.1 Å². The molecule has 0 spiro atoms. The van der Waals surface area contributed by atoms with E-state index >= 15 is 0 Å². The van der Waals surface area contributed by atoms with E-state index in [2.05, 4.69) is 39.3 Å². The Bertz CT molecular complexity index is 301. The summed E-state index contributed by atoms with van der Waals surface area (Å²) in [6, 6.07) is 2.21. The van der Waals surface area contributed by atoms with Crippen LogP contribution in [0.1, 0.15) is 37.0 Å². The van der Waals surface area contributed by atoms with Crippen LogP contribution in [0.2, 0.25) is 0 Å². The summed E-state index contributed by atoms with van der Waals surface area (Å²) in [6.07, 6.45) is 6.43. The first-order valence-electron chi connectivity index (χ1n) is 6.34. The van der Waals surface area contributed by atoms with Crippen molar-refractivity contribution in [2.45, 2.75) is 38.6 Å². The van der Waals surface area contributed by atoms with Crippen molar-refractivity contribution in [1.82, 2.24) is 4.90 Å². The molecule has 0 radical (unpaired) electrons. The lowest BCUT2D eigenvalue weighted by atomic mass is 10.1. The Morgan fingerprint density at radius 2 is 1.94 bits per heavy atom. The van der Waals surface area contributed by atoms with E-state index < -0.39 is 0 Å². The molecule has 98 valence electrons. The van der Waals surface area contributed by atoms with E-state index in [1.54, 1.807) is 0 Å². The lowest BCUT2D eigenvalue weighted by Crippen LogP contribution is -2.18. The second-order valence-electron chi connectivity index (χ2n) is 4.53. The van der Waals surface area contributed by atoms with Gasteiger partial charge in [0, 0.05) is 21.3 Å². The Labute approximate surface area is 117 Å². The van der Waals surface area contributed by atoms with Crippen LogP contribution in [0, 0.1) is 0 Å². The minimum Gasteiger partial charge on any atom is -0.330 e. The molecule has 1 aromatic rings. The lowest BCUT2D eigenvalue weighted by Gasteiger charge is -2.15. The molecule has 0 amide bonds. The maximum absolute atomic E-state index is 5.47. The molecule has 0 atom stereocenters. The molecule has 0 aromatic carbocycles. The Kier molecular flexibility index (Phi) is 8.10. The van der Waals surface area contributed by atoms with Gasteiger partial charge in [-0.2, -0.15) is 0 Å². The zero-order valence-electron chi connectivity index (χ0n) is 10.6. The van der Waals surface area contributed by atoms with Gasteiger partial charge in [-0.05, 0) is 55.0 Å². The first kappa shape index (κ1) is 15.2. The minimum atomic E-state index is 0.840. The first-order chi connectivity index (χ1) is 8.22.